The first-order valence-electron chi connectivity index (χ1n) is 7.13. The van der Waals surface area contributed by atoms with Gasteiger partial charge in [-0.15, -0.1) is 0 Å². The third-order valence-corrected chi connectivity index (χ3v) is 4.26. The third kappa shape index (κ3) is 3.11. The van der Waals surface area contributed by atoms with Crippen molar-refractivity contribution in [1.82, 2.24) is 0 Å². The van der Waals surface area contributed by atoms with E-state index in [1.807, 2.05) is 0 Å². The van der Waals surface area contributed by atoms with E-state index >= 15 is 0 Å². The van der Waals surface area contributed by atoms with Gasteiger partial charge in [0.25, 0.3) is 0 Å². The summed E-state index contributed by atoms with van der Waals surface area (Å²) in [5, 5.41) is 0. The van der Waals surface area contributed by atoms with Gasteiger partial charge in [0.05, 0.1) is 19.3 Å². The highest BCUT2D eigenvalue weighted by molar-refractivity contribution is 4.93. The Morgan fingerprint density at radius 3 is 2.42 bits per heavy atom. The van der Waals surface area contributed by atoms with Crippen LogP contribution in [-0.2, 0) is 23.7 Å². The van der Waals surface area contributed by atoms with Gasteiger partial charge in [0.2, 0.25) is 0 Å². The lowest BCUT2D eigenvalue weighted by Crippen LogP contribution is -2.62. The molecular formula is C14H26O5. The summed E-state index contributed by atoms with van der Waals surface area (Å²) in [5.74, 6) is -1.07. The molecule has 0 aliphatic carbocycles. The number of unbranched alkanes of at least 4 members (excludes halogenated alkanes) is 1. The molecular weight excluding hydrogens is 248 g/mol. The topological polar surface area (TPSA) is 49.5 Å². The van der Waals surface area contributed by atoms with Crippen LogP contribution in [0.1, 0.15) is 38.5 Å². The van der Waals surface area contributed by atoms with E-state index in [0.717, 1.165) is 45.1 Å². The van der Waals surface area contributed by atoms with Gasteiger partial charge in [0.15, 0.2) is 0 Å². The Hall–Kier alpha value is -0.200. The number of epoxide rings is 1. The second kappa shape index (κ2) is 6.50. The summed E-state index contributed by atoms with van der Waals surface area (Å²) < 4.78 is 27.9. The zero-order chi connectivity index (χ0) is 13.8. The van der Waals surface area contributed by atoms with Crippen LogP contribution >= 0.6 is 0 Å². The molecule has 2 rings (SSSR count). The molecule has 5 nitrogen and oxygen atoms in total. The fourth-order valence-corrected chi connectivity index (χ4v) is 3.05. The zero-order valence-electron chi connectivity index (χ0n) is 12.3. The summed E-state index contributed by atoms with van der Waals surface area (Å²) in [4.78, 5) is 0. The Labute approximate surface area is 115 Å². The first-order valence-corrected chi connectivity index (χ1v) is 7.13. The molecule has 0 radical (unpaired) electrons. The molecule has 0 saturated carbocycles. The van der Waals surface area contributed by atoms with E-state index in [0.29, 0.717) is 12.7 Å². The molecule has 5 heteroatoms. The van der Waals surface area contributed by atoms with Crippen molar-refractivity contribution in [2.45, 2.75) is 56.2 Å². The maximum absolute atomic E-state index is 5.79. The Morgan fingerprint density at radius 1 is 1.11 bits per heavy atom. The van der Waals surface area contributed by atoms with Crippen molar-refractivity contribution in [2.75, 3.05) is 34.5 Å². The van der Waals surface area contributed by atoms with Gasteiger partial charge in [-0.25, -0.2) is 0 Å². The van der Waals surface area contributed by atoms with Crippen molar-refractivity contribution >= 4 is 0 Å². The van der Waals surface area contributed by atoms with Crippen LogP contribution in [0.5, 0.6) is 0 Å². The minimum absolute atomic E-state index is 0.496. The van der Waals surface area contributed by atoms with Crippen LogP contribution < -0.4 is 0 Å². The maximum Gasteiger partial charge on any atom is 0.313 e. The van der Waals surface area contributed by atoms with Crippen LogP contribution in [0.3, 0.4) is 0 Å². The van der Waals surface area contributed by atoms with Gasteiger partial charge < -0.3 is 23.7 Å². The van der Waals surface area contributed by atoms with Crippen LogP contribution in [0.25, 0.3) is 0 Å². The van der Waals surface area contributed by atoms with E-state index in [4.69, 9.17) is 23.7 Å². The normalized spacial score (nSPS) is 33.3. The number of rotatable bonds is 8. The number of ether oxygens (including phenoxy) is 5. The van der Waals surface area contributed by atoms with Crippen LogP contribution in [0, 0.1) is 0 Å². The van der Waals surface area contributed by atoms with Crippen molar-refractivity contribution in [2.24, 2.45) is 0 Å². The second-order valence-electron chi connectivity index (χ2n) is 5.32. The summed E-state index contributed by atoms with van der Waals surface area (Å²) in [6.45, 7) is 1.57. The van der Waals surface area contributed by atoms with Gasteiger partial charge in [-0.3, -0.25) is 0 Å². The molecule has 2 fully saturated rings. The molecule has 112 valence electrons. The van der Waals surface area contributed by atoms with Gasteiger partial charge in [-0.1, -0.05) is 12.8 Å². The fraction of sp³-hybridized carbons (Fsp3) is 1.00. The number of hydrogen-bond acceptors (Lipinski definition) is 5. The molecule has 0 aromatic rings. The summed E-state index contributed by atoms with van der Waals surface area (Å²) in [6, 6.07) is 0. The van der Waals surface area contributed by atoms with E-state index in [1.54, 1.807) is 21.3 Å². The molecule has 2 atom stereocenters. The highest BCUT2D eigenvalue weighted by Gasteiger charge is 2.56. The number of hydrogen-bond donors (Lipinski definition) is 0. The lowest BCUT2D eigenvalue weighted by molar-refractivity contribution is -0.445. The lowest BCUT2D eigenvalue weighted by Gasteiger charge is -2.49. The molecule has 19 heavy (non-hydrogen) atoms. The van der Waals surface area contributed by atoms with Gasteiger partial charge in [-0.05, 0) is 25.7 Å². The molecule has 0 aromatic carbocycles. The molecule has 0 bridgehead atoms. The summed E-state index contributed by atoms with van der Waals surface area (Å²) in [7, 11) is 4.94. The largest absolute Gasteiger partial charge is 0.373 e. The maximum atomic E-state index is 5.79. The standard InChI is InChI=1S/C14H26O5/c1-15-13(8-5-4-7-12-11-18-12)9-6-10-19-14(13,16-2)17-3/h12H,4-11H2,1-3H3. The molecule has 0 amide bonds. The van der Waals surface area contributed by atoms with Gasteiger partial charge in [0.1, 0.15) is 5.60 Å². The van der Waals surface area contributed by atoms with E-state index in [9.17, 15) is 0 Å². The van der Waals surface area contributed by atoms with Crippen LogP contribution in [-0.4, -0.2) is 52.2 Å². The molecule has 2 heterocycles. The van der Waals surface area contributed by atoms with Crippen LogP contribution in [0.4, 0.5) is 0 Å². The summed E-state index contributed by atoms with van der Waals surface area (Å²) in [6.07, 6.45) is 6.56. The predicted molar refractivity (Wildman–Crippen MR) is 69.9 cm³/mol. The monoisotopic (exact) mass is 274 g/mol. The molecule has 2 aliphatic rings. The van der Waals surface area contributed by atoms with Crippen molar-refractivity contribution in [3.8, 4) is 0 Å². The molecule has 0 N–H and O–H groups in total. The van der Waals surface area contributed by atoms with Gasteiger partial charge in [0, 0.05) is 21.3 Å². The van der Waals surface area contributed by atoms with Crippen molar-refractivity contribution in [1.29, 1.82) is 0 Å². The predicted octanol–water partition coefficient (Wildman–Crippen LogP) is 2.09. The second-order valence-corrected chi connectivity index (χ2v) is 5.32. The van der Waals surface area contributed by atoms with E-state index in [1.165, 1.54) is 0 Å². The number of methoxy groups -OCH3 is 3. The van der Waals surface area contributed by atoms with Crippen LogP contribution in [0.2, 0.25) is 0 Å². The Balaban J connectivity index is 1.94. The van der Waals surface area contributed by atoms with Crippen molar-refractivity contribution in [3.63, 3.8) is 0 Å². The minimum atomic E-state index is -1.07. The summed E-state index contributed by atoms with van der Waals surface area (Å²) >= 11 is 0. The van der Waals surface area contributed by atoms with E-state index in [-0.39, 0.29) is 0 Å². The Morgan fingerprint density at radius 2 is 1.84 bits per heavy atom. The first kappa shape index (κ1) is 15.2. The van der Waals surface area contributed by atoms with Crippen LogP contribution in [0.15, 0.2) is 0 Å². The Kier molecular flexibility index (Phi) is 5.20. The smallest absolute Gasteiger partial charge is 0.313 e. The van der Waals surface area contributed by atoms with Crippen molar-refractivity contribution in [3.05, 3.63) is 0 Å². The molecule has 0 spiro atoms. The quantitative estimate of drug-likeness (QED) is 0.385. The summed E-state index contributed by atoms with van der Waals surface area (Å²) in [5.41, 5.74) is -0.515. The highest BCUT2D eigenvalue weighted by atomic mass is 16.9. The van der Waals surface area contributed by atoms with E-state index < -0.39 is 11.6 Å². The minimum Gasteiger partial charge on any atom is -0.373 e. The lowest BCUT2D eigenvalue weighted by atomic mass is 9.86. The van der Waals surface area contributed by atoms with Gasteiger partial charge in [-0.2, -0.15) is 0 Å². The average molecular weight is 274 g/mol. The Bertz CT molecular complexity index is 275. The average Bonchev–Trinajstić information content (AvgIpc) is 3.28. The van der Waals surface area contributed by atoms with Gasteiger partial charge >= 0.3 is 5.97 Å². The fourth-order valence-electron chi connectivity index (χ4n) is 3.05. The molecule has 2 aliphatic heterocycles. The molecule has 2 saturated heterocycles. The SMILES string of the molecule is COC1(CCCCC2CO2)CCCOC1(OC)OC. The zero-order valence-corrected chi connectivity index (χ0v) is 12.3. The molecule has 2 unspecified atom stereocenters. The first-order chi connectivity index (χ1) is 9.22. The highest BCUT2D eigenvalue weighted by Crippen LogP contribution is 2.42. The third-order valence-electron chi connectivity index (χ3n) is 4.26. The van der Waals surface area contributed by atoms with Crippen molar-refractivity contribution < 1.29 is 23.7 Å². The molecule has 0 aromatic heterocycles. The van der Waals surface area contributed by atoms with E-state index in [2.05, 4.69) is 0 Å².